The monoisotopic (exact) mass is 353 g/mol. The number of carbonyl (C=O) groups excluding carboxylic acids is 1. The summed E-state index contributed by atoms with van der Waals surface area (Å²) >= 11 is 1.61. The number of rotatable bonds is 6. The Labute approximate surface area is 148 Å². The molecule has 4 rings (SSSR count). The first kappa shape index (κ1) is 15.6. The van der Waals surface area contributed by atoms with E-state index in [2.05, 4.69) is 25.5 Å². The highest BCUT2D eigenvalue weighted by Gasteiger charge is 2.31. The predicted octanol–water partition coefficient (Wildman–Crippen LogP) is 2.50. The van der Waals surface area contributed by atoms with E-state index in [1.807, 2.05) is 24.3 Å². The second kappa shape index (κ2) is 6.94. The Morgan fingerprint density at radius 2 is 2.20 bits per heavy atom. The molecule has 3 heterocycles. The molecule has 1 fully saturated rings. The number of H-pyrrole nitrogens is 1. The topological polar surface area (TPSA) is 92.8 Å². The van der Waals surface area contributed by atoms with Crippen LogP contribution in [-0.2, 0) is 11.4 Å². The molecule has 0 spiro atoms. The zero-order valence-electron chi connectivity index (χ0n) is 13.2. The molecule has 1 unspecified atom stereocenters. The zero-order chi connectivity index (χ0) is 17.1. The van der Waals surface area contributed by atoms with Crippen molar-refractivity contribution >= 4 is 23.5 Å². The summed E-state index contributed by atoms with van der Waals surface area (Å²) in [6.45, 7) is 0.399. The van der Waals surface area contributed by atoms with Gasteiger partial charge in [-0.1, -0.05) is 24.3 Å². The van der Waals surface area contributed by atoms with Crippen molar-refractivity contribution in [1.82, 2.24) is 20.2 Å². The van der Waals surface area contributed by atoms with E-state index in [0.717, 1.165) is 22.7 Å². The average molecular weight is 353 g/mol. The summed E-state index contributed by atoms with van der Waals surface area (Å²) in [7, 11) is 0. The summed E-state index contributed by atoms with van der Waals surface area (Å²) in [6, 6.07) is 9.62. The summed E-state index contributed by atoms with van der Waals surface area (Å²) in [5, 5.41) is 10.6. The minimum absolute atomic E-state index is 0.0371. The third-order valence-electron chi connectivity index (χ3n) is 3.64. The van der Waals surface area contributed by atoms with E-state index in [4.69, 9.17) is 4.74 Å². The number of hydrogen-bond donors (Lipinski definition) is 2. The van der Waals surface area contributed by atoms with Crippen LogP contribution < -0.4 is 10.1 Å². The summed E-state index contributed by atoms with van der Waals surface area (Å²) in [4.78, 5) is 19.0. The predicted molar refractivity (Wildman–Crippen MR) is 95.3 cm³/mol. The molecule has 1 saturated heterocycles. The first-order chi connectivity index (χ1) is 12.3. The first-order valence-electron chi connectivity index (χ1n) is 7.74. The van der Waals surface area contributed by atoms with Gasteiger partial charge in [-0.3, -0.25) is 4.79 Å². The average Bonchev–Trinajstić information content (AvgIpc) is 3.36. The minimum atomic E-state index is -0.0371. The van der Waals surface area contributed by atoms with Crippen LogP contribution >= 0.6 is 11.8 Å². The van der Waals surface area contributed by atoms with Gasteiger partial charge in [0, 0.05) is 29.8 Å². The maximum Gasteiger partial charge on any atom is 0.239 e. The van der Waals surface area contributed by atoms with Gasteiger partial charge in [-0.25, -0.2) is 4.98 Å². The molecule has 2 N–H and O–H groups in total. The highest BCUT2D eigenvalue weighted by Crippen LogP contribution is 2.31. The molecule has 2 aromatic heterocycles. The van der Waals surface area contributed by atoms with Gasteiger partial charge in [0.1, 0.15) is 18.2 Å². The lowest BCUT2D eigenvalue weighted by Crippen LogP contribution is -2.18. The van der Waals surface area contributed by atoms with Gasteiger partial charge < -0.3 is 15.0 Å². The molecule has 126 valence electrons. The molecule has 1 atom stereocenters. The molecule has 0 aliphatic carbocycles. The van der Waals surface area contributed by atoms with Gasteiger partial charge in [0.2, 0.25) is 5.91 Å². The normalized spacial score (nSPS) is 15.6. The fourth-order valence-electron chi connectivity index (χ4n) is 2.24. The second-order valence-electron chi connectivity index (χ2n) is 5.51. The van der Waals surface area contributed by atoms with Crippen molar-refractivity contribution < 1.29 is 9.53 Å². The van der Waals surface area contributed by atoms with E-state index in [1.54, 1.807) is 30.2 Å². The summed E-state index contributed by atoms with van der Waals surface area (Å²) in [5.74, 6) is 2.63. The molecule has 1 amide bonds. The van der Waals surface area contributed by atoms with E-state index in [9.17, 15) is 4.79 Å². The van der Waals surface area contributed by atoms with Crippen LogP contribution in [0.2, 0.25) is 0 Å². The molecular weight excluding hydrogens is 338 g/mol. The third-order valence-corrected chi connectivity index (χ3v) is 4.52. The molecule has 8 heteroatoms. The largest absolute Gasteiger partial charge is 0.487 e. The number of benzene rings is 1. The van der Waals surface area contributed by atoms with Gasteiger partial charge in [0.15, 0.2) is 5.82 Å². The van der Waals surface area contributed by atoms with Crippen LogP contribution in [0.4, 0.5) is 5.82 Å². The van der Waals surface area contributed by atoms with Crippen molar-refractivity contribution in [3.63, 3.8) is 0 Å². The van der Waals surface area contributed by atoms with Crippen LogP contribution in [0.3, 0.4) is 0 Å². The van der Waals surface area contributed by atoms with Crippen molar-refractivity contribution in [2.75, 3.05) is 11.1 Å². The molecule has 0 bridgehead atoms. The zero-order valence-corrected chi connectivity index (χ0v) is 14.0. The van der Waals surface area contributed by atoms with E-state index in [-0.39, 0.29) is 11.2 Å². The van der Waals surface area contributed by atoms with Crippen LogP contribution in [0.5, 0.6) is 5.75 Å². The Bertz CT molecular complexity index is 863. The number of imidazole rings is 1. The summed E-state index contributed by atoms with van der Waals surface area (Å²) < 4.78 is 5.74. The van der Waals surface area contributed by atoms with Crippen LogP contribution in [0, 0.1) is 0 Å². The smallest absolute Gasteiger partial charge is 0.239 e. The Kier molecular flexibility index (Phi) is 4.34. The molecule has 7 nitrogen and oxygen atoms in total. The van der Waals surface area contributed by atoms with Crippen molar-refractivity contribution in [3.8, 4) is 17.1 Å². The van der Waals surface area contributed by atoms with Crippen LogP contribution in [0.15, 0.2) is 48.9 Å². The molecule has 1 aliphatic rings. The highest BCUT2D eigenvalue weighted by atomic mass is 32.2. The van der Waals surface area contributed by atoms with Gasteiger partial charge in [0.05, 0.1) is 11.4 Å². The second-order valence-corrected chi connectivity index (χ2v) is 6.75. The molecule has 1 aromatic carbocycles. The molecule has 0 saturated carbocycles. The highest BCUT2D eigenvalue weighted by molar-refractivity contribution is 8.07. The number of carbonyl (C=O) groups is 1. The van der Waals surface area contributed by atoms with E-state index < -0.39 is 0 Å². The molecule has 25 heavy (non-hydrogen) atoms. The third kappa shape index (κ3) is 3.97. The Balaban J connectivity index is 1.37. The Morgan fingerprint density at radius 1 is 1.36 bits per heavy atom. The number of aromatic nitrogens is 4. The van der Waals surface area contributed by atoms with Crippen molar-refractivity contribution in [2.45, 2.75) is 11.9 Å². The quantitative estimate of drug-likeness (QED) is 0.662. The Hall–Kier alpha value is -2.87. The molecule has 3 aromatic rings. The number of hydrogen-bond acceptors (Lipinski definition) is 6. The van der Waals surface area contributed by atoms with Gasteiger partial charge in [0.25, 0.3) is 0 Å². The number of amides is 1. The SMILES string of the molecule is O=C(Nc1cc(OCc2ccc(-c3ncc[nH]3)cc2)cnn1)C1CS1. The number of thioether (sulfide) groups is 1. The maximum absolute atomic E-state index is 11.7. The number of ether oxygens (including phenoxy) is 1. The first-order valence-corrected chi connectivity index (χ1v) is 8.79. The number of nitrogens with zero attached hydrogens (tertiary/aromatic N) is 3. The van der Waals surface area contributed by atoms with Gasteiger partial charge in [-0.05, 0) is 5.56 Å². The van der Waals surface area contributed by atoms with Crippen molar-refractivity contribution in [2.24, 2.45) is 0 Å². The number of aromatic amines is 1. The maximum atomic E-state index is 11.7. The number of anilines is 1. The van der Waals surface area contributed by atoms with E-state index in [0.29, 0.717) is 18.2 Å². The van der Waals surface area contributed by atoms with E-state index >= 15 is 0 Å². The van der Waals surface area contributed by atoms with E-state index in [1.165, 1.54) is 6.20 Å². The van der Waals surface area contributed by atoms with Gasteiger partial charge >= 0.3 is 0 Å². The fraction of sp³-hybridized carbons (Fsp3) is 0.176. The Morgan fingerprint density at radius 3 is 2.92 bits per heavy atom. The van der Waals surface area contributed by atoms with Crippen LogP contribution in [0.1, 0.15) is 5.56 Å². The minimum Gasteiger partial charge on any atom is -0.487 e. The standard InChI is InChI=1S/C17H15N5O2S/c23-17(14-10-25-14)21-15-7-13(8-20-22-15)24-9-11-1-3-12(4-2-11)16-18-5-6-19-16/h1-8,14H,9-10H2,(H,18,19)(H,21,22,23). The summed E-state index contributed by atoms with van der Waals surface area (Å²) in [5.41, 5.74) is 2.04. The molecule has 0 radical (unpaired) electrons. The van der Waals surface area contributed by atoms with Crippen molar-refractivity contribution in [1.29, 1.82) is 0 Å². The molecule has 1 aliphatic heterocycles. The van der Waals surface area contributed by atoms with Crippen molar-refractivity contribution in [3.05, 3.63) is 54.5 Å². The lowest BCUT2D eigenvalue weighted by atomic mass is 10.1. The summed E-state index contributed by atoms with van der Waals surface area (Å²) in [6.07, 6.45) is 5.04. The van der Waals surface area contributed by atoms with Gasteiger partial charge in [-0.2, -0.15) is 5.10 Å². The fourth-order valence-corrected chi connectivity index (χ4v) is 2.70. The molecular formula is C17H15N5O2S. The lowest BCUT2D eigenvalue weighted by Gasteiger charge is -2.08. The van der Waals surface area contributed by atoms with Crippen LogP contribution in [0.25, 0.3) is 11.4 Å². The lowest BCUT2D eigenvalue weighted by molar-refractivity contribution is -0.115. The number of nitrogens with one attached hydrogen (secondary N) is 2. The van der Waals surface area contributed by atoms with Gasteiger partial charge in [-0.15, -0.1) is 16.9 Å². The van der Waals surface area contributed by atoms with Crippen LogP contribution in [-0.4, -0.2) is 37.1 Å².